The summed E-state index contributed by atoms with van der Waals surface area (Å²) in [6, 6.07) is 5.08. The van der Waals surface area contributed by atoms with Crippen LogP contribution in [0.3, 0.4) is 0 Å². The van der Waals surface area contributed by atoms with Gasteiger partial charge in [-0.25, -0.2) is 14.4 Å². The number of hydrogen-bond donors (Lipinski definition) is 3. The largest absolute Gasteiger partial charge is 0.350 e. The van der Waals surface area contributed by atoms with Crippen LogP contribution in [0, 0.1) is 5.82 Å². The van der Waals surface area contributed by atoms with Crippen LogP contribution in [0.1, 0.15) is 12.8 Å². The number of aromatic amines is 1. The van der Waals surface area contributed by atoms with Gasteiger partial charge in [0, 0.05) is 18.0 Å². The van der Waals surface area contributed by atoms with E-state index in [0.29, 0.717) is 27.7 Å². The topological polar surface area (TPSA) is 78.5 Å². The highest BCUT2D eigenvalue weighted by Gasteiger charge is 2.18. The molecule has 8 heteroatoms. The van der Waals surface area contributed by atoms with Crippen LogP contribution >= 0.6 is 11.6 Å². The molecule has 24 heavy (non-hydrogen) atoms. The van der Waals surface area contributed by atoms with E-state index >= 15 is 0 Å². The maximum absolute atomic E-state index is 13.8. The minimum atomic E-state index is -0.383. The molecule has 1 aliphatic heterocycles. The normalized spacial score (nSPS) is 18.0. The first-order valence-electron chi connectivity index (χ1n) is 7.85. The molecule has 0 radical (unpaired) electrons. The summed E-state index contributed by atoms with van der Waals surface area (Å²) in [5, 5.41) is 14.6. The maximum Gasteiger partial charge on any atom is 0.223 e. The van der Waals surface area contributed by atoms with Crippen molar-refractivity contribution >= 4 is 28.5 Å². The molecule has 1 aromatic carbocycles. The molecule has 0 saturated carbocycles. The molecule has 1 atom stereocenters. The number of para-hydroxylation sites is 1. The van der Waals surface area contributed by atoms with E-state index in [1.54, 1.807) is 18.3 Å². The van der Waals surface area contributed by atoms with Crippen molar-refractivity contribution in [3.05, 3.63) is 35.2 Å². The van der Waals surface area contributed by atoms with E-state index in [9.17, 15) is 4.39 Å². The van der Waals surface area contributed by atoms with Gasteiger partial charge < -0.3 is 10.6 Å². The number of rotatable bonds is 3. The molecule has 0 spiro atoms. The molecule has 1 fully saturated rings. The highest BCUT2D eigenvalue weighted by atomic mass is 35.5. The second-order valence-electron chi connectivity index (χ2n) is 5.81. The van der Waals surface area contributed by atoms with Crippen LogP contribution in [0.4, 0.5) is 10.3 Å². The van der Waals surface area contributed by atoms with Gasteiger partial charge in [-0.2, -0.15) is 5.10 Å². The van der Waals surface area contributed by atoms with E-state index in [1.165, 1.54) is 6.07 Å². The second-order valence-corrected chi connectivity index (χ2v) is 6.22. The predicted octanol–water partition coefficient (Wildman–Crippen LogP) is 2.98. The number of nitrogens with zero attached hydrogens (tertiary/aromatic N) is 3. The summed E-state index contributed by atoms with van der Waals surface area (Å²) in [5.74, 6) is 0.120. The van der Waals surface area contributed by atoms with Crippen LogP contribution in [-0.2, 0) is 0 Å². The lowest BCUT2D eigenvalue weighted by Gasteiger charge is -2.23. The molecule has 6 nitrogen and oxygen atoms in total. The summed E-state index contributed by atoms with van der Waals surface area (Å²) >= 11 is 6.26. The first-order chi connectivity index (χ1) is 11.7. The molecular formula is C16H16ClFN6. The molecule has 124 valence electrons. The fourth-order valence-electron chi connectivity index (χ4n) is 2.95. The van der Waals surface area contributed by atoms with Crippen molar-refractivity contribution in [2.45, 2.75) is 18.9 Å². The number of halogens is 2. The summed E-state index contributed by atoms with van der Waals surface area (Å²) in [7, 11) is 0. The number of H-pyrrole nitrogens is 1. The van der Waals surface area contributed by atoms with Crippen molar-refractivity contribution in [1.82, 2.24) is 25.5 Å². The second kappa shape index (κ2) is 6.33. The molecule has 3 N–H and O–H groups in total. The van der Waals surface area contributed by atoms with Gasteiger partial charge in [-0.1, -0.05) is 23.7 Å². The highest BCUT2D eigenvalue weighted by Crippen LogP contribution is 2.31. The Hall–Kier alpha value is -2.25. The molecule has 1 aliphatic rings. The molecule has 3 heterocycles. The summed E-state index contributed by atoms with van der Waals surface area (Å²) in [4.78, 5) is 8.76. The average Bonchev–Trinajstić information content (AvgIpc) is 3.03. The number of piperidine rings is 1. The van der Waals surface area contributed by atoms with Crippen LogP contribution in [0.15, 0.2) is 24.4 Å². The van der Waals surface area contributed by atoms with E-state index < -0.39 is 0 Å². The van der Waals surface area contributed by atoms with Gasteiger partial charge in [0.25, 0.3) is 0 Å². The van der Waals surface area contributed by atoms with Crippen LogP contribution < -0.4 is 10.6 Å². The van der Waals surface area contributed by atoms with Crippen molar-refractivity contribution in [3.63, 3.8) is 0 Å². The van der Waals surface area contributed by atoms with E-state index in [4.69, 9.17) is 11.6 Å². The third kappa shape index (κ3) is 2.81. The van der Waals surface area contributed by atoms with Crippen LogP contribution in [-0.4, -0.2) is 39.3 Å². The van der Waals surface area contributed by atoms with E-state index in [0.717, 1.165) is 25.9 Å². The van der Waals surface area contributed by atoms with Crippen molar-refractivity contribution in [1.29, 1.82) is 0 Å². The van der Waals surface area contributed by atoms with Crippen molar-refractivity contribution in [2.75, 3.05) is 18.4 Å². The van der Waals surface area contributed by atoms with Crippen LogP contribution in [0.5, 0.6) is 0 Å². The Morgan fingerprint density at radius 3 is 3.08 bits per heavy atom. The van der Waals surface area contributed by atoms with Gasteiger partial charge in [-0.05, 0) is 25.5 Å². The lowest BCUT2D eigenvalue weighted by molar-refractivity contribution is 0.478. The monoisotopic (exact) mass is 346 g/mol. The zero-order valence-corrected chi connectivity index (χ0v) is 13.6. The van der Waals surface area contributed by atoms with Crippen molar-refractivity contribution in [2.24, 2.45) is 0 Å². The van der Waals surface area contributed by atoms with Gasteiger partial charge in [0.15, 0.2) is 5.82 Å². The highest BCUT2D eigenvalue weighted by molar-refractivity contribution is 6.33. The Kier molecular flexibility index (Phi) is 4.03. The average molecular weight is 347 g/mol. The predicted molar refractivity (Wildman–Crippen MR) is 91.6 cm³/mol. The Labute approximate surface area is 142 Å². The Morgan fingerprint density at radius 1 is 1.33 bits per heavy atom. The third-order valence-electron chi connectivity index (χ3n) is 4.15. The maximum atomic E-state index is 13.8. The Morgan fingerprint density at radius 2 is 2.25 bits per heavy atom. The molecule has 0 unspecified atom stereocenters. The fourth-order valence-corrected chi connectivity index (χ4v) is 3.14. The molecule has 0 bridgehead atoms. The van der Waals surface area contributed by atoms with Gasteiger partial charge in [0.05, 0.1) is 16.9 Å². The van der Waals surface area contributed by atoms with Crippen LogP contribution in [0.25, 0.3) is 22.3 Å². The van der Waals surface area contributed by atoms with Crippen molar-refractivity contribution < 1.29 is 4.39 Å². The number of anilines is 1. The first kappa shape index (κ1) is 15.3. The zero-order valence-electron chi connectivity index (χ0n) is 12.8. The minimum Gasteiger partial charge on any atom is -0.350 e. The van der Waals surface area contributed by atoms with E-state index in [1.807, 2.05) is 0 Å². The quantitative estimate of drug-likeness (QED) is 0.679. The summed E-state index contributed by atoms with van der Waals surface area (Å²) in [6.45, 7) is 1.91. The van der Waals surface area contributed by atoms with E-state index in [2.05, 4.69) is 30.8 Å². The Bertz CT molecular complexity index is 874. The number of hydrogen-bond acceptors (Lipinski definition) is 5. The van der Waals surface area contributed by atoms with Crippen LogP contribution in [0.2, 0.25) is 5.02 Å². The SMILES string of the molecule is Fc1cccc2c(-c3nc(N[C@H]4CCCNC4)ncc3Cl)[nH]nc12. The lowest BCUT2D eigenvalue weighted by Crippen LogP contribution is -2.38. The Balaban J connectivity index is 1.71. The van der Waals surface area contributed by atoms with Gasteiger partial charge in [-0.3, -0.25) is 5.10 Å². The molecule has 3 aromatic rings. The molecule has 0 aliphatic carbocycles. The molecule has 2 aromatic heterocycles. The minimum absolute atomic E-state index is 0.271. The van der Waals surface area contributed by atoms with Gasteiger partial charge in [-0.15, -0.1) is 0 Å². The fraction of sp³-hybridized carbons (Fsp3) is 0.312. The molecule has 1 saturated heterocycles. The third-order valence-corrected chi connectivity index (χ3v) is 4.42. The van der Waals surface area contributed by atoms with Gasteiger partial charge in [0.2, 0.25) is 5.95 Å². The number of fused-ring (bicyclic) bond motifs is 1. The number of aromatic nitrogens is 4. The molecule has 0 amide bonds. The molecular weight excluding hydrogens is 331 g/mol. The number of nitrogens with one attached hydrogen (secondary N) is 3. The molecule has 4 rings (SSSR count). The first-order valence-corrected chi connectivity index (χ1v) is 8.23. The van der Waals surface area contributed by atoms with Gasteiger partial charge >= 0.3 is 0 Å². The summed E-state index contributed by atoms with van der Waals surface area (Å²) < 4.78 is 13.8. The summed E-state index contributed by atoms with van der Waals surface area (Å²) in [6.07, 6.45) is 3.73. The lowest BCUT2D eigenvalue weighted by atomic mass is 10.1. The smallest absolute Gasteiger partial charge is 0.223 e. The van der Waals surface area contributed by atoms with E-state index in [-0.39, 0.29) is 17.4 Å². The standard InChI is InChI=1S/C16H16ClFN6/c17-11-8-20-16(21-9-3-2-6-19-7-9)22-15(11)14-10-4-1-5-12(18)13(10)23-24-14/h1,4-5,8-9,19H,2-3,6-7H2,(H,23,24)(H,20,21,22)/t9-/m0/s1. The van der Waals surface area contributed by atoms with Gasteiger partial charge in [0.1, 0.15) is 11.2 Å². The number of benzene rings is 1. The summed E-state index contributed by atoms with van der Waals surface area (Å²) in [5.41, 5.74) is 1.36. The van der Waals surface area contributed by atoms with Crippen molar-refractivity contribution in [3.8, 4) is 11.4 Å². The zero-order chi connectivity index (χ0) is 16.5.